The quantitative estimate of drug-likeness (QED) is 0.581. The van der Waals surface area contributed by atoms with E-state index in [-0.39, 0.29) is 29.8 Å². The number of hydrogen-bond acceptors (Lipinski definition) is 3. The van der Waals surface area contributed by atoms with E-state index in [1.54, 1.807) is 0 Å². The molecule has 0 aliphatic carbocycles. The zero-order valence-corrected chi connectivity index (χ0v) is 12.5. The van der Waals surface area contributed by atoms with Crippen LogP contribution in [0.15, 0.2) is 53.7 Å². The Bertz CT molecular complexity index is 725. The summed E-state index contributed by atoms with van der Waals surface area (Å²) in [4.78, 5) is 19.5. The number of H-pyrrole nitrogens is 1. The monoisotopic (exact) mass is 322 g/mol. The lowest BCUT2D eigenvalue weighted by molar-refractivity contribution is 0.102. The van der Waals surface area contributed by atoms with Crippen LogP contribution in [-0.2, 0) is 0 Å². The number of para-hydroxylation sites is 2. The first-order valence-electron chi connectivity index (χ1n) is 6.09. The van der Waals surface area contributed by atoms with Gasteiger partial charge in [-0.3, -0.25) is 4.79 Å². The largest absolute Gasteiger partial charge is 0.333 e. The summed E-state index contributed by atoms with van der Waals surface area (Å²) in [6, 6.07) is 13.3. The third-order valence-electron chi connectivity index (χ3n) is 2.87. The molecule has 0 aliphatic heterocycles. The molecule has 0 bridgehead atoms. The predicted molar refractivity (Wildman–Crippen MR) is 84.8 cm³/mol. The Balaban J connectivity index is 0.00000161. The van der Waals surface area contributed by atoms with Crippen molar-refractivity contribution in [1.29, 1.82) is 0 Å². The van der Waals surface area contributed by atoms with E-state index >= 15 is 0 Å². The van der Waals surface area contributed by atoms with Gasteiger partial charge in [-0.1, -0.05) is 23.9 Å². The Hall–Kier alpha value is -1.85. The predicted octanol–water partition coefficient (Wildman–Crippen LogP) is 4.10. The van der Waals surface area contributed by atoms with Crippen LogP contribution in [0, 0.1) is 5.82 Å². The third kappa shape index (κ3) is 3.62. The summed E-state index contributed by atoms with van der Waals surface area (Å²) in [7, 11) is 0. The molecule has 21 heavy (non-hydrogen) atoms. The summed E-state index contributed by atoms with van der Waals surface area (Å²) in [5.41, 5.74) is 2.34. The highest BCUT2D eigenvalue weighted by Gasteiger charge is 2.09. The number of Topliss-reactive ketones (excluding diaryl/α,β-unsaturated/α-hetero) is 1. The normalized spacial score (nSPS) is 10.3. The van der Waals surface area contributed by atoms with Crippen LogP contribution in [0.5, 0.6) is 0 Å². The molecule has 1 N–H and O–H groups in total. The molecular formula is C15H12ClFN2OS. The third-order valence-corrected chi connectivity index (χ3v) is 3.75. The first-order valence-corrected chi connectivity index (χ1v) is 7.07. The first kappa shape index (κ1) is 15.5. The van der Waals surface area contributed by atoms with Gasteiger partial charge in [0.15, 0.2) is 10.9 Å². The summed E-state index contributed by atoms with van der Waals surface area (Å²) in [5.74, 6) is -0.118. The summed E-state index contributed by atoms with van der Waals surface area (Å²) in [6.45, 7) is 0. The number of hydrogen-bond donors (Lipinski definition) is 1. The van der Waals surface area contributed by atoms with Crippen LogP contribution in [0.1, 0.15) is 10.4 Å². The molecule has 0 unspecified atom stereocenters. The SMILES string of the molecule is Cl.O=C(CSc1nc2ccccc2[nH]1)c1ccc(F)cc1. The lowest BCUT2D eigenvalue weighted by atomic mass is 10.1. The molecule has 0 spiro atoms. The van der Waals surface area contributed by atoms with Crippen molar-refractivity contribution in [3.8, 4) is 0 Å². The van der Waals surface area contributed by atoms with E-state index in [0.717, 1.165) is 11.0 Å². The molecule has 3 nitrogen and oxygen atoms in total. The van der Waals surface area contributed by atoms with Gasteiger partial charge in [-0.2, -0.15) is 0 Å². The molecule has 6 heteroatoms. The van der Waals surface area contributed by atoms with Crippen molar-refractivity contribution in [2.45, 2.75) is 5.16 Å². The number of nitrogens with one attached hydrogen (secondary N) is 1. The number of fused-ring (bicyclic) bond motifs is 1. The number of halogens is 2. The van der Waals surface area contributed by atoms with Crippen LogP contribution in [0.3, 0.4) is 0 Å². The Morgan fingerprint density at radius 1 is 1.14 bits per heavy atom. The molecule has 0 radical (unpaired) electrons. The molecule has 0 atom stereocenters. The van der Waals surface area contributed by atoms with Gasteiger partial charge >= 0.3 is 0 Å². The molecule has 3 aromatic rings. The molecule has 1 aromatic heterocycles. The fraction of sp³-hybridized carbons (Fsp3) is 0.0667. The van der Waals surface area contributed by atoms with E-state index in [2.05, 4.69) is 9.97 Å². The Labute approximate surface area is 131 Å². The van der Waals surface area contributed by atoms with E-state index in [1.165, 1.54) is 36.0 Å². The highest BCUT2D eigenvalue weighted by Crippen LogP contribution is 2.20. The lowest BCUT2D eigenvalue weighted by Gasteiger charge is -1.99. The number of imidazole rings is 1. The summed E-state index contributed by atoms with van der Waals surface area (Å²) >= 11 is 1.34. The van der Waals surface area contributed by atoms with Gasteiger partial charge < -0.3 is 4.98 Å². The topological polar surface area (TPSA) is 45.8 Å². The van der Waals surface area contributed by atoms with E-state index in [0.29, 0.717) is 10.7 Å². The van der Waals surface area contributed by atoms with E-state index < -0.39 is 0 Å². The molecule has 3 rings (SSSR count). The number of thioether (sulfide) groups is 1. The van der Waals surface area contributed by atoms with Gasteiger partial charge in [-0.25, -0.2) is 9.37 Å². The Morgan fingerprint density at radius 2 is 1.86 bits per heavy atom. The van der Waals surface area contributed by atoms with Crippen LogP contribution in [0.4, 0.5) is 4.39 Å². The maximum Gasteiger partial charge on any atom is 0.173 e. The molecule has 0 fully saturated rings. The zero-order valence-electron chi connectivity index (χ0n) is 10.9. The highest BCUT2D eigenvalue weighted by molar-refractivity contribution is 7.99. The van der Waals surface area contributed by atoms with Crippen LogP contribution in [-0.4, -0.2) is 21.5 Å². The fourth-order valence-corrected chi connectivity index (χ4v) is 2.63. The molecule has 0 aliphatic rings. The van der Waals surface area contributed by atoms with Crippen molar-refractivity contribution in [3.05, 3.63) is 59.9 Å². The number of nitrogens with zero attached hydrogens (tertiary/aromatic N) is 1. The van der Waals surface area contributed by atoms with Gasteiger partial charge in [0.05, 0.1) is 16.8 Å². The van der Waals surface area contributed by atoms with E-state index in [9.17, 15) is 9.18 Å². The van der Waals surface area contributed by atoms with Crippen LogP contribution < -0.4 is 0 Å². The summed E-state index contributed by atoms with van der Waals surface area (Å²) in [6.07, 6.45) is 0. The average Bonchev–Trinajstić information content (AvgIpc) is 2.88. The minimum Gasteiger partial charge on any atom is -0.333 e. The van der Waals surface area contributed by atoms with Gasteiger partial charge in [-0.15, -0.1) is 12.4 Å². The molecular weight excluding hydrogens is 311 g/mol. The first-order chi connectivity index (χ1) is 9.72. The van der Waals surface area contributed by atoms with Crippen molar-refractivity contribution in [2.24, 2.45) is 0 Å². The van der Waals surface area contributed by atoms with Crippen molar-refractivity contribution < 1.29 is 9.18 Å². The van der Waals surface area contributed by atoms with Gasteiger partial charge in [0, 0.05) is 5.56 Å². The van der Waals surface area contributed by atoms with Crippen LogP contribution in [0.2, 0.25) is 0 Å². The number of carbonyl (C=O) groups is 1. The second kappa shape index (κ2) is 6.74. The minimum absolute atomic E-state index is 0. The smallest absolute Gasteiger partial charge is 0.173 e. The Morgan fingerprint density at radius 3 is 2.57 bits per heavy atom. The lowest BCUT2D eigenvalue weighted by Crippen LogP contribution is -2.02. The maximum absolute atomic E-state index is 12.8. The van der Waals surface area contributed by atoms with Crippen molar-refractivity contribution >= 4 is 41.0 Å². The summed E-state index contributed by atoms with van der Waals surface area (Å²) < 4.78 is 12.8. The standard InChI is InChI=1S/C15H11FN2OS.ClH/c16-11-7-5-10(6-8-11)14(19)9-20-15-17-12-3-1-2-4-13(12)18-15;/h1-8H,9H2,(H,17,18);1H. The molecule has 2 aromatic carbocycles. The van der Waals surface area contributed by atoms with Gasteiger partial charge in [0.2, 0.25) is 0 Å². The number of carbonyl (C=O) groups excluding carboxylic acids is 1. The second-order valence-electron chi connectivity index (χ2n) is 4.28. The maximum atomic E-state index is 12.8. The zero-order chi connectivity index (χ0) is 13.9. The number of aromatic nitrogens is 2. The number of ketones is 1. The number of aromatic amines is 1. The van der Waals surface area contributed by atoms with E-state index in [1.807, 2.05) is 24.3 Å². The fourth-order valence-electron chi connectivity index (χ4n) is 1.85. The molecule has 0 saturated heterocycles. The molecule has 0 amide bonds. The number of rotatable bonds is 4. The van der Waals surface area contributed by atoms with Crippen LogP contribution >= 0.6 is 24.2 Å². The minimum atomic E-state index is -0.341. The number of benzene rings is 2. The molecule has 1 heterocycles. The second-order valence-corrected chi connectivity index (χ2v) is 5.24. The Kier molecular flexibility index (Phi) is 4.98. The molecule has 108 valence electrons. The molecule has 0 saturated carbocycles. The van der Waals surface area contributed by atoms with Crippen LogP contribution in [0.25, 0.3) is 11.0 Å². The van der Waals surface area contributed by atoms with Gasteiger partial charge in [-0.05, 0) is 36.4 Å². The van der Waals surface area contributed by atoms with Gasteiger partial charge in [0.25, 0.3) is 0 Å². The van der Waals surface area contributed by atoms with E-state index in [4.69, 9.17) is 0 Å². The van der Waals surface area contributed by atoms with Crippen molar-refractivity contribution in [2.75, 3.05) is 5.75 Å². The highest BCUT2D eigenvalue weighted by atomic mass is 35.5. The average molecular weight is 323 g/mol. The van der Waals surface area contributed by atoms with Crippen molar-refractivity contribution in [1.82, 2.24) is 9.97 Å². The summed E-state index contributed by atoms with van der Waals surface area (Å²) in [5, 5.41) is 0.710. The van der Waals surface area contributed by atoms with Crippen molar-refractivity contribution in [3.63, 3.8) is 0 Å². The van der Waals surface area contributed by atoms with Gasteiger partial charge in [0.1, 0.15) is 5.82 Å².